The van der Waals surface area contributed by atoms with Gasteiger partial charge in [0.1, 0.15) is 5.82 Å². The first-order chi connectivity index (χ1) is 8.70. The highest BCUT2D eigenvalue weighted by Crippen LogP contribution is 2.21. The van der Waals surface area contributed by atoms with Crippen LogP contribution in [0, 0.1) is 12.7 Å². The summed E-state index contributed by atoms with van der Waals surface area (Å²) in [6.07, 6.45) is 4.19. The summed E-state index contributed by atoms with van der Waals surface area (Å²) >= 11 is 0. The van der Waals surface area contributed by atoms with Crippen molar-refractivity contribution in [2.75, 3.05) is 0 Å². The van der Waals surface area contributed by atoms with Crippen LogP contribution in [0.1, 0.15) is 22.7 Å². The molecule has 0 saturated carbocycles. The summed E-state index contributed by atoms with van der Waals surface area (Å²) in [7, 11) is 0. The summed E-state index contributed by atoms with van der Waals surface area (Å²) in [4.78, 5) is 4.06. The first-order valence-corrected chi connectivity index (χ1v) is 5.82. The number of hydrogen-bond donors (Lipinski definition) is 2. The molecule has 0 aliphatic heterocycles. The molecule has 0 aliphatic rings. The molecule has 1 atom stereocenters. The molecule has 0 saturated heterocycles. The zero-order valence-electron chi connectivity index (χ0n) is 10.2. The average molecular weight is 245 g/mol. The highest BCUT2D eigenvalue weighted by Gasteiger charge is 2.13. The quantitative estimate of drug-likeness (QED) is 0.642. The van der Waals surface area contributed by atoms with Crippen LogP contribution in [-0.2, 0) is 6.42 Å². The lowest BCUT2D eigenvalue weighted by Crippen LogP contribution is -2.30. The van der Waals surface area contributed by atoms with Crippen molar-refractivity contribution < 1.29 is 4.39 Å². The third-order valence-corrected chi connectivity index (χ3v) is 2.98. The number of nitrogens with zero attached hydrogens (tertiary/aromatic N) is 1. The predicted octanol–water partition coefficient (Wildman–Crippen LogP) is 2.28. The van der Waals surface area contributed by atoms with Gasteiger partial charge in [-0.2, -0.15) is 0 Å². The van der Waals surface area contributed by atoms with E-state index in [1.165, 1.54) is 12.1 Å². The van der Waals surface area contributed by atoms with Crippen LogP contribution in [0.15, 0.2) is 42.7 Å². The maximum atomic E-state index is 13.3. The average Bonchev–Trinajstić information content (AvgIpc) is 2.40. The highest BCUT2D eigenvalue weighted by molar-refractivity contribution is 5.31. The second-order valence-corrected chi connectivity index (χ2v) is 4.29. The molecule has 0 spiro atoms. The Morgan fingerprint density at radius 3 is 2.89 bits per heavy atom. The lowest BCUT2D eigenvalue weighted by Gasteiger charge is -2.18. The largest absolute Gasteiger partial charge is 0.271 e. The van der Waals surface area contributed by atoms with E-state index in [0.717, 1.165) is 16.7 Å². The number of rotatable bonds is 4. The molecule has 1 aromatic heterocycles. The van der Waals surface area contributed by atoms with E-state index in [0.29, 0.717) is 6.42 Å². The molecule has 1 unspecified atom stereocenters. The van der Waals surface area contributed by atoms with Crippen molar-refractivity contribution in [1.82, 2.24) is 10.4 Å². The van der Waals surface area contributed by atoms with Crippen molar-refractivity contribution in [2.24, 2.45) is 5.84 Å². The number of benzene rings is 1. The molecular formula is C14H16FN3. The van der Waals surface area contributed by atoms with Crippen molar-refractivity contribution in [1.29, 1.82) is 0 Å². The molecule has 1 aromatic carbocycles. The lowest BCUT2D eigenvalue weighted by molar-refractivity contribution is 0.541. The van der Waals surface area contributed by atoms with Gasteiger partial charge in [0.25, 0.3) is 0 Å². The van der Waals surface area contributed by atoms with Crippen molar-refractivity contribution in [3.05, 3.63) is 65.2 Å². The molecule has 18 heavy (non-hydrogen) atoms. The third kappa shape index (κ3) is 2.91. The van der Waals surface area contributed by atoms with Gasteiger partial charge in [-0.1, -0.05) is 12.1 Å². The number of aryl methyl sites for hydroxylation is 1. The van der Waals surface area contributed by atoms with Crippen LogP contribution < -0.4 is 11.3 Å². The maximum absolute atomic E-state index is 13.3. The number of hydrazine groups is 1. The van der Waals surface area contributed by atoms with E-state index in [-0.39, 0.29) is 11.9 Å². The van der Waals surface area contributed by atoms with Crippen molar-refractivity contribution >= 4 is 0 Å². The van der Waals surface area contributed by atoms with Crippen LogP contribution in [0.4, 0.5) is 4.39 Å². The van der Waals surface area contributed by atoms with Crippen LogP contribution >= 0.6 is 0 Å². The van der Waals surface area contributed by atoms with E-state index in [1.807, 2.05) is 19.1 Å². The molecule has 2 aromatic rings. The number of aromatic nitrogens is 1. The number of halogens is 1. The van der Waals surface area contributed by atoms with Gasteiger partial charge in [-0.05, 0) is 48.2 Å². The second-order valence-electron chi connectivity index (χ2n) is 4.29. The summed E-state index contributed by atoms with van der Waals surface area (Å²) in [5, 5.41) is 0. The molecule has 94 valence electrons. The van der Waals surface area contributed by atoms with E-state index in [9.17, 15) is 4.39 Å². The Labute approximate surface area is 106 Å². The minimum absolute atomic E-state index is 0.120. The predicted molar refractivity (Wildman–Crippen MR) is 69.1 cm³/mol. The van der Waals surface area contributed by atoms with Crippen LogP contribution in [-0.4, -0.2) is 4.98 Å². The van der Waals surface area contributed by atoms with E-state index in [1.54, 1.807) is 18.5 Å². The highest BCUT2D eigenvalue weighted by atomic mass is 19.1. The van der Waals surface area contributed by atoms with Crippen molar-refractivity contribution in [3.63, 3.8) is 0 Å². The van der Waals surface area contributed by atoms with E-state index >= 15 is 0 Å². The van der Waals surface area contributed by atoms with Gasteiger partial charge >= 0.3 is 0 Å². The van der Waals surface area contributed by atoms with E-state index in [4.69, 9.17) is 5.84 Å². The van der Waals surface area contributed by atoms with E-state index in [2.05, 4.69) is 10.4 Å². The van der Waals surface area contributed by atoms with Crippen LogP contribution in [0.5, 0.6) is 0 Å². The van der Waals surface area contributed by atoms with Gasteiger partial charge in [-0.15, -0.1) is 0 Å². The Morgan fingerprint density at radius 1 is 1.39 bits per heavy atom. The zero-order valence-corrected chi connectivity index (χ0v) is 10.2. The number of hydrogen-bond acceptors (Lipinski definition) is 3. The van der Waals surface area contributed by atoms with Gasteiger partial charge < -0.3 is 0 Å². The summed E-state index contributed by atoms with van der Waals surface area (Å²) in [6, 6.07) is 8.48. The molecule has 0 aliphatic carbocycles. The summed E-state index contributed by atoms with van der Waals surface area (Å²) in [5.74, 6) is 5.33. The molecule has 0 bridgehead atoms. The molecule has 0 fully saturated rings. The van der Waals surface area contributed by atoms with Crippen LogP contribution in [0.2, 0.25) is 0 Å². The SMILES string of the molecule is Cc1ccc(F)cc1C(Cc1cccnc1)NN. The van der Waals surface area contributed by atoms with Gasteiger partial charge in [0.2, 0.25) is 0 Å². The zero-order chi connectivity index (χ0) is 13.0. The van der Waals surface area contributed by atoms with Gasteiger partial charge in [0.15, 0.2) is 0 Å². The maximum Gasteiger partial charge on any atom is 0.123 e. The monoisotopic (exact) mass is 245 g/mol. The normalized spacial score (nSPS) is 12.4. The first kappa shape index (κ1) is 12.7. The van der Waals surface area contributed by atoms with Gasteiger partial charge in [-0.25, -0.2) is 4.39 Å². The number of nitrogens with one attached hydrogen (secondary N) is 1. The second kappa shape index (κ2) is 5.71. The van der Waals surface area contributed by atoms with Gasteiger partial charge in [-0.3, -0.25) is 16.3 Å². The van der Waals surface area contributed by atoms with Gasteiger partial charge in [0, 0.05) is 12.4 Å². The van der Waals surface area contributed by atoms with Crippen LogP contribution in [0.3, 0.4) is 0 Å². The Hall–Kier alpha value is -1.78. The molecule has 4 heteroatoms. The minimum atomic E-state index is -0.248. The topological polar surface area (TPSA) is 50.9 Å². The van der Waals surface area contributed by atoms with Crippen LogP contribution in [0.25, 0.3) is 0 Å². The molecule has 0 radical (unpaired) electrons. The van der Waals surface area contributed by atoms with Crippen molar-refractivity contribution in [3.8, 4) is 0 Å². The fourth-order valence-electron chi connectivity index (χ4n) is 2.00. The number of nitrogens with two attached hydrogens (primary N) is 1. The summed E-state index contributed by atoms with van der Waals surface area (Å²) in [6.45, 7) is 1.95. The fraction of sp³-hybridized carbons (Fsp3) is 0.214. The lowest BCUT2D eigenvalue weighted by atomic mass is 9.96. The molecule has 2 rings (SSSR count). The fourth-order valence-corrected chi connectivity index (χ4v) is 2.00. The Morgan fingerprint density at radius 2 is 2.22 bits per heavy atom. The Balaban J connectivity index is 2.26. The molecule has 1 heterocycles. The van der Waals surface area contributed by atoms with Gasteiger partial charge in [0.05, 0.1) is 6.04 Å². The Bertz CT molecular complexity index is 514. The first-order valence-electron chi connectivity index (χ1n) is 5.82. The summed E-state index contributed by atoms with van der Waals surface area (Å²) < 4.78 is 13.3. The third-order valence-electron chi connectivity index (χ3n) is 2.98. The molecule has 3 N–H and O–H groups in total. The molecule has 3 nitrogen and oxygen atoms in total. The molecule has 0 amide bonds. The standard InChI is InChI=1S/C14H16FN3/c1-10-4-5-12(15)8-13(10)14(18-16)7-11-3-2-6-17-9-11/h2-6,8-9,14,18H,7,16H2,1H3. The Kier molecular flexibility index (Phi) is 4.02. The number of pyridine rings is 1. The van der Waals surface area contributed by atoms with Crippen molar-refractivity contribution in [2.45, 2.75) is 19.4 Å². The van der Waals surface area contributed by atoms with E-state index < -0.39 is 0 Å². The summed E-state index contributed by atoms with van der Waals surface area (Å²) in [5.41, 5.74) is 5.69. The smallest absolute Gasteiger partial charge is 0.123 e. The molecular weight excluding hydrogens is 229 g/mol. The minimum Gasteiger partial charge on any atom is -0.271 e.